The predicted molar refractivity (Wildman–Crippen MR) is 145 cm³/mol. The molecule has 2 saturated carbocycles. The molecule has 0 bridgehead atoms. The van der Waals surface area contributed by atoms with Crippen molar-refractivity contribution < 1.29 is 4.79 Å². The van der Waals surface area contributed by atoms with Gasteiger partial charge >= 0.3 is 0 Å². The van der Waals surface area contributed by atoms with E-state index in [-0.39, 0.29) is 29.8 Å². The van der Waals surface area contributed by atoms with Gasteiger partial charge in [-0.05, 0) is 73.8 Å². The lowest BCUT2D eigenvalue weighted by molar-refractivity contribution is 0.0581. The van der Waals surface area contributed by atoms with Crippen LogP contribution in [0.2, 0.25) is 5.02 Å². The number of carbonyl (C=O) groups is 1. The van der Waals surface area contributed by atoms with Crippen molar-refractivity contribution in [3.63, 3.8) is 0 Å². The quantitative estimate of drug-likeness (QED) is 0.394. The van der Waals surface area contributed by atoms with E-state index in [4.69, 9.17) is 17.3 Å². The molecule has 1 aromatic heterocycles. The molecule has 2 aliphatic carbocycles. The van der Waals surface area contributed by atoms with Crippen LogP contribution in [0.15, 0.2) is 73.1 Å². The van der Waals surface area contributed by atoms with Crippen LogP contribution in [0.4, 0.5) is 0 Å². The molecule has 6 heteroatoms. The van der Waals surface area contributed by atoms with Crippen LogP contribution in [0.5, 0.6) is 0 Å². The number of hydrogen-bond acceptors (Lipinski definition) is 3. The van der Waals surface area contributed by atoms with E-state index in [2.05, 4.69) is 34.1 Å². The molecule has 0 spiro atoms. The number of halogens is 2. The zero-order valence-corrected chi connectivity index (χ0v) is 21.5. The lowest BCUT2D eigenvalue weighted by atomic mass is 9.68. The topological polar surface area (TPSA) is 59.2 Å². The van der Waals surface area contributed by atoms with E-state index in [9.17, 15) is 4.79 Å². The Kier molecular flexibility index (Phi) is 8.16. The van der Waals surface area contributed by atoms with Gasteiger partial charge < -0.3 is 10.6 Å². The standard InChI is InChI=1S/C29H32ClN3O.ClH/c30-26-8-4-7-25(16-26)29(20-31)13-11-27(12-14-29)33(19-21-9-10-21)28(34)24-15-23(17-32-18-24)22-5-2-1-3-6-22;/h1-8,15-18,21,27H,9-14,19-20,31H2;1H/t27-,29+;. The van der Waals surface area contributed by atoms with Crippen LogP contribution in [-0.2, 0) is 5.41 Å². The summed E-state index contributed by atoms with van der Waals surface area (Å²) in [6, 6.07) is 20.5. The second kappa shape index (κ2) is 11.1. The predicted octanol–water partition coefficient (Wildman–Crippen LogP) is 6.52. The summed E-state index contributed by atoms with van der Waals surface area (Å²) < 4.78 is 0. The normalized spacial score (nSPS) is 21.7. The first-order valence-corrected chi connectivity index (χ1v) is 12.7. The van der Waals surface area contributed by atoms with E-state index in [1.807, 2.05) is 42.6 Å². The largest absolute Gasteiger partial charge is 0.335 e. The van der Waals surface area contributed by atoms with E-state index in [0.29, 0.717) is 18.0 Å². The fourth-order valence-corrected chi connectivity index (χ4v) is 5.57. The van der Waals surface area contributed by atoms with Gasteiger partial charge in [0.2, 0.25) is 0 Å². The Morgan fingerprint density at radius 2 is 1.71 bits per heavy atom. The molecule has 1 amide bonds. The third kappa shape index (κ3) is 5.72. The Hall–Kier alpha value is -2.40. The molecule has 184 valence electrons. The van der Waals surface area contributed by atoms with Gasteiger partial charge in [-0.3, -0.25) is 9.78 Å². The molecule has 0 radical (unpaired) electrons. The van der Waals surface area contributed by atoms with E-state index in [1.54, 1.807) is 6.20 Å². The fraction of sp³-hybridized carbons (Fsp3) is 0.379. The van der Waals surface area contributed by atoms with Gasteiger partial charge in [0.05, 0.1) is 5.56 Å². The lowest BCUT2D eigenvalue weighted by Crippen LogP contribution is -2.48. The Morgan fingerprint density at radius 3 is 2.37 bits per heavy atom. The van der Waals surface area contributed by atoms with E-state index in [1.165, 1.54) is 18.4 Å². The van der Waals surface area contributed by atoms with Crippen molar-refractivity contribution in [3.8, 4) is 11.1 Å². The van der Waals surface area contributed by atoms with Crippen molar-refractivity contribution in [1.29, 1.82) is 0 Å². The zero-order valence-electron chi connectivity index (χ0n) is 19.9. The van der Waals surface area contributed by atoms with Crippen LogP contribution in [0.3, 0.4) is 0 Å². The lowest BCUT2D eigenvalue weighted by Gasteiger charge is -2.43. The summed E-state index contributed by atoms with van der Waals surface area (Å²) >= 11 is 6.29. The Morgan fingerprint density at radius 1 is 0.971 bits per heavy atom. The Balaban J connectivity index is 0.00000289. The van der Waals surface area contributed by atoms with Crippen molar-refractivity contribution >= 4 is 29.9 Å². The molecule has 0 unspecified atom stereocenters. The highest BCUT2D eigenvalue weighted by atomic mass is 35.5. The minimum atomic E-state index is -0.0650. The van der Waals surface area contributed by atoms with Crippen molar-refractivity contribution in [2.75, 3.05) is 13.1 Å². The zero-order chi connectivity index (χ0) is 23.5. The maximum Gasteiger partial charge on any atom is 0.255 e. The first kappa shape index (κ1) is 25.7. The van der Waals surface area contributed by atoms with E-state index in [0.717, 1.165) is 48.4 Å². The van der Waals surface area contributed by atoms with Crippen molar-refractivity contribution in [3.05, 3.63) is 89.2 Å². The van der Waals surface area contributed by atoms with Gasteiger partial charge in [-0.25, -0.2) is 0 Å². The smallest absolute Gasteiger partial charge is 0.255 e. The molecule has 3 aromatic rings. The number of carbonyl (C=O) groups excluding carboxylic acids is 1. The second-order valence-electron chi connectivity index (χ2n) is 9.96. The highest BCUT2D eigenvalue weighted by Crippen LogP contribution is 2.42. The Bertz CT molecular complexity index is 1140. The van der Waals surface area contributed by atoms with Crippen LogP contribution in [0.25, 0.3) is 11.1 Å². The van der Waals surface area contributed by atoms with E-state index < -0.39 is 0 Å². The molecule has 4 nitrogen and oxygen atoms in total. The van der Waals surface area contributed by atoms with Gasteiger partial charge in [-0.1, -0.05) is 54.1 Å². The van der Waals surface area contributed by atoms with Gasteiger partial charge in [0.1, 0.15) is 0 Å². The number of amides is 1. The SMILES string of the molecule is Cl.NC[C@]1(c2cccc(Cl)c2)CC[C@@H](N(CC2CC2)C(=O)c2cncc(-c3ccccc3)c2)CC1. The third-order valence-electron chi connectivity index (χ3n) is 7.69. The number of benzene rings is 2. The maximum atomic E-state index is 13.8. The summed E-state index contributed by atoms with van der Waals surface area (Å²) in [4.78, 5) is 20.3. The van der Waals surface area contributed by atoms with Gasteiger partial charge in [-0.15, -0.1) is 12.4 Å². The highest BCUT2D eigenvalue weighted by Gasteiger charge is 2.40. The van der Waals surface area contributed by atoms with Crippen LogP contribution in [0.1, 0.15) is 54.4 Å². The first-order chi connectivity index (χ1) is 16.6. The summed E-state index contributed by atoms with van der Waals surface area (Å²) in [6.45, 7) is 1.44. The highest BCUT2D eigenvalue weighted by molar-refractivity contribution is 6.30. The van der Waals surface area contributed by atoms with Crippen LogP contribution < -0.4 is 5.73 Å². The van der Waals surface area contributed by atoms with Gasteiger partial charge in [0.15, 0.2) is 0 Å². The average Bonchev–Trinajstić information content (AvgIpc) is 3.72. The van der Waals surface area contributed by atoms with Crippen LogP contribution in [0, 0.1) is 5.92 Å². The van der Waals surface area contributed by atoms with Crippen molar-refractivity contribution in [2.45, 2.75) is 50.0 Å². The summed E-state index contributed by atoms with van der Waals surface area (Å²) in [6.07, 6.45) is 9.81. The molecule has 0 atom stereocenters. The van der Waals surface area contributed by atoms with Crippen LogP contribution in [-0.4, -0.2) is 34.9 Å². The summed E-state index contributed by atoms with van der Waals surface area (Å²) in [5, 5.41) is 0.754. The molecule has 2 fully saturated rings. The summed E-state index contributed by atoms with van der Waals surface area (Å²) in [5.74, 6) is 0.730. The molecule has 0 aliphatic heterocycles. The average molecular weight is 511 g/mol. The minimum absolute atomic E-state index is 0. The third-order valence-corrected chi connectivity index (χ3v) is 7.92. The van der Waals surface area contributed by atoms with E-state index >= 15 is 0 Å². The molecule has 2 N–H and O–H groups in total. The molecular formula is C29H33Cl2N3O. The first-order valence-electron chi connectivity index (χ1n) is 12.4. The number of hydrogen-bond donors (Lipinski definition) is 1. The van der Waals surface area contributed by atoms with Crippen molar-refractivity contribution in [2.24, 2.45) is 11.7 Å². The number of nitrogens with two attached hydrogens (primary N) is 1. The minimum Gasteiger partial charge on any atom is -0.335 e. The van der Waals surface area contributed by atoms with Gasteiger partial charge in [0, 0.05) is 47.5 Å². The van der Waals surface area contributed by atoms with Crippen LogP contribution >= 0.6 is 24.0 Å². The summed E-state index contributed by atoms with van der Waals surface area (Å²) in [5.41, 5.74) is 10.2. The van der Waals surface area contributed by atoms with Crippen molar-refractivity contribution in [1.82, 2.24) is 9.88 Å². The fourth-order valence-electron chi connectivity index (χ4n) is 5.38. The Labute approximate surface area is 219 Å². The van der Waals surface area contributed by atoms with Gasteiger partial charge in [0.25, 0.3) is 5.91 Å². The second-order valence-corrected chi connectivity index (χ2v) is 10.4. The summed E-state index contributed by atoms with van der Waals surface area (Å²) in [7, 11) is 0. The molecule has 35 heavy (non-hydrogen) atoms. The molecule has 2 aliphatic rings. The number of nitrogens with zero attached hydrogens (tertiary/aromatic N) is 2. The maximum absolute atomic E-state index is 13.8. The number of aromatic nitrogens is 1. The van der Waals surface area contributed by atoms with Gasteiger partial charge in [-0.2, -0.15) is 0 Å². The molecule has 2 aromatic carbocycles. The monoisotopic (exact) mass is 509 g/mol. The molecule has 0 saturated heterocycles. The number of rotatable bonds is 7. The number of pyridine rings is 1. The molecule has 1 heterocycles. The molecule has 5 rings (SSSR count). The molecular weight excluding hydrogens is 477 g/mol.